The first-order valence-electron chi connectivity index (χ1n) is 8.60. The average Bonchev–Trinajstić information content (AvgIpc) is 3.13. The molecule has 0 saturated carbocycles. The third-order valence-electron chi connectivity index (χ3n) is 4.98. The lowest BCUT2D eigenvalue weighted by Gasteiger charge is -2.39. The molecule has 1 fully saturated rings. The quantitative estimate of drug-likeness (QED) is 0.919. The first kappa shape index (κ1) is 15.9. The van der Waals surface area contributed by atoms with E-state index in [9.17, 15) is 9.90 Å². The number of carboxylic acids is 1. The van der Waals surface area contributed by atoms with Crippen molar-refractivity contribution in [3.63, 3.8) is 0 Å². The van der Waals surface area contributed by atoms with Gasteiger partial charge in [0.2, 0.25) is 0 Å². The van der Waals surface area contributed by atoms with Gasteiger partial charge in [0.15, 0.2) is 0 Å². The smallest absolute Gasteiger partial charge is 0.325 e. The molecule has 25 heavy (non-hydrogen) atoms. The predicted octanol–water partition coefficient (Wildman–Crippen LogP) is 1.96. The Morgan fingerprint density at radius 2 is 1.88 bits per heavy atom. The first-order chi connectivity index (χ1) is 12.2. The Bertz CT molecular complexity index is 758. The number of piperazine rings is 1. The standard InChI is InChI=1S/C19H21N3O3/c23-19(24)17(16-3-1-2-14-6-13-25-18(14)16)22-11-9-21(10-12-22)15-4-7-20-8-5-15/h1-5,7-8,17H,6,9-13H2,(H,23,24)/t17-/m1/s1. The van der Waals surface area contributed by atoms with Crippen LogP contribution in [0.4, 0.5) is 5.69 Å². The van der Waals surface area contributed by atoms with E-state index in [1.54, 1.807) is 12.4 Å². The lowest BCUT2D eigenvalue weighted by Crippen LogP contribution is -2.49. The summed E-state index contributed by atoms with van der Waals surface area (Å²) in [5, 5.41) is 9.87. The Kier molecular flexibility index (Phi) is 4.28. The lowest BCUT2D eigenvalue weighted by molar-refractivity contribution is -0.143. The van der Waals surface area contributed by atoms with Crippen LogP contribution in [0.1, 0.15) is 17.2 Å². The van der Waals surface area contributed by atoms with Gasteiger partial charge in [-0.15, -0.1) is 0 Å². The van der Waals surface area contributed by atoms with Gasteiger partial charge in [-0.3, -0.25) is 14.7 Å². The number of carbonyl (C=O) groups is 1. The number of carboxylic acid groups (broad SMARTS) is 1. The second-order valence-corrected chi connectivity index (χ2v) is 6.40. The van der Waals surface area contributed by atoms with Crippen molar-refractivity contribution < 1.29 is 14.6 Å². The summed E-state index contributed by atoms with van der Waals surface area (Å²) in [6.07, 6.45) is 4.42. The highest BCUT2D eigenvalue weighted by Gasteiger charge is 2.34. The van der Waals surface area contributed by atoms with E-state index in [0.717, 1.165) is 42.1 Å². The fourth-order valence-electron chi connectivity index (χ4n) is 3.74. The number of para-hydroxylation sites is 1. The fraction of sp³-hybridized carbons (Fsp3) is 0.368. The number of fused-ring (bicyclic) bond motifs is 1. The van der Waals surface area contributed by atoms with E-state index in [2.05, 4.69) is 9.88 Å². The molecule has 1 saturated heterocycles. The Balaban J connectivity index is 1.54. The molecule has 1 aromatic heterocycles. The van der Waals surface area contributed by atoms with Gasteiger partial charge in [-0.1, -0.05) is 18.2 Å². The maximum Gasteiger partial charge on any atom is 0.325 e. The van der Waals surface area contributed by atoms with Gasteiger partial charge in [-0.05, 0) is 17.7 Å². The normalized spacial score (nSPS) is 18.5. The van der Waals surface area contributed by atoms with Gasteiger partial charge >= 0.3 is 5.97 Å². The monoisotopic (exact) mass is 339 g/mol. The van der Waals surface area contributed by atoms with Crippen LogP contribution >= 0.6 is 0 Å². The van der Waals surface area contributed by atoms with E-state index in [0.29, 0.717) is 19.7 Å². The van der Waals surface area contributed by atoms with Crippen LogP contribution in [0.2, 0.25) is 0 Å². The highest BCUT2D eigenvalue weighted by Crippen LogP contribution is 2.36. The summed E-state index contributed by atoms with van der Waals surface area (Å²) in [4.78, 5) is 20.4. The van der Waals surface area contributed by atoms with Gasteiger partial charge in [0.1, 0.15) is 11.8 Å². The minimum Gasteiger partial charge on any atom is -0.493 e. The molecule has 4 rings (SSSR count). The molecule has 0 unspecified atom stereocenters. The lowest BCUT2D eigenvalue weighted by atomic mass is 10.00. The van der Waals surface area contributed by atoms with Crippen molar-refractivity contribution in [1.29, 1.82) is 0 Å². The zero-order chi connectivity index (χ0) is 17.2. The fourth-order valence-corrected chi connectivity index (χ4v) is 3.74. The number of benzene rings is 1. The second-order valence-electron chi connectivity index (χ2n) is 6.40. The van der Waals surface area contributed by atoms with Crippen LogP contribution in [0, 0.1) is 0 Å². The molecular formula is C19H21N3O3. The molecule has 2 aliphatic rings. The maximum atomic E-state index is 12.0. The number of aromatic nitrogens is 1. The number of rotatable bonds is 4. The Morgan fingerprint density at radius 3 is 2.60 bits per heavy atom. The number of ether oxygens (including phenoxy) is 1. The summed E-state index contributed by atoms with van der Waals surface area (Å²) in [5.74, 6) is -0.0484. The largest absolute Gasteiger partial charge is 0.493 e. The third kappa shape index (κ3) is 3.05. The van der Waals surface area contributed by atoms with Crippen molar-refractivity contribution in [3.05, 3.63) is 53.9 Å². The second kappa shape index (κ2) is 6.72. The van der Waals surface area contributed by atoms with Crippen molar-refractivity contribution in [2.45, 2.75) is 12.5 Å². The van der Waals surface area contributed by atoms with Gasteiger partial charge in [0, 0.05) is 56.2 Å². The zero-order valence-electron chi connectivity index (χ0n) is 14.0. The molecule has 1 N–H and O–H groups in total. The molecule has 0 radical (unpaired) electrons. The molecule has 1 aromatic carbocycles. The summed E-state index contributed by atoms with van der Waals surface area (Å²) < 4.78 is 5.73. The van der Waals surface area contributed by atoms with Crippen molar-refractivity contribution in [1.82, 2.24) is 9.88 Å². The average molecular weight is 339 g/mol. The molecular weight excluding hydrogens is 318 g/mol. The molecule has 6 nitrogen and oxygen atoms in total. The van der Waals surface area contributed by atoms with Crippen molar-refractivity contribution in [2.24, 2.45) is 0 Å². The van der Waals surface area contributed by atoms with Gasteiger partial charge < -0.3 is 14.7 Å². The topological polar surface area (TPSA) is 65.9 Å². The van der Waals surface area contributed by atoms with Gasteiger partial charge in [0.05, 0.1) is 6.61 Å². The predicted molar refractivity (Wildman–Crippen MR) is 94.0 cm³/mol. The molecule has 130 valence electrons. The molecule has 2 aliphatic heterocycles. The zero-order valence-corrected chi connectivity index (χ0v) is 14.0. The van der Waals surface area contributed by atoms with Gasteiger partial charge in [-0.25, -0.2) is 0 Å². The van der Waals surface area contributed by atoms with E-state index >= 15 is 0 Å². The van der Waals surface area contributed by atoms with Crippen molar-refractivity contribution >= 4 is 11.7 Å². The summed E-state index contributed by atoms with van der Waals surface area (Å²) >= 11 is 0. The molecule has 3 heterocycles. The van der Waals surface area contributed by atoms with Gasteiger partial charge in [-0.2, -0.15) is 0 Å². The maximum absolute atomic E-state index is 12.0. The Labute approximate surface area is 146 Å². The SMILES string of the molecule is O=C(O)[C@@H](c1cccc2c1OCC2)N1CCN(c2ccncc2)CC1. The molecule has 0 amide bonds. The van der Waals surface area contributed by atoms with Crippen LogP contribution in [0.5, 0.6) is 5.75 Å². The van der Waals surface area contributed by atoms with Gasteiger partial charge in [0.25, 0.3) is 0 Å². The van der Waals surface area contributed by atoms with Crippen LogP contribution < -0.4 is 9.64 Å². The molecule has 1 atom stereocenters. The number of hydrogen-bond donors (Lipinski definition) is 1. The van der Waals surface area contributed by atoms with Crippen LogP contribution in [0.15, 0.2) is 42.7 Å². The van der Waals surface area contributed by atoms with E-state index in [4.69, 9.17) is 4.74 Å². The van der Waals surface area contributed by atoms with Crippen LogP contribution in [0.3, 0.4) is 0 Å². The van der Waals surface area contributed by atoms with E-state index in [1.165, 1.54) is 0 Å². The number of nitrogens with zero attached hydrogens (tertiary/aromatic N) is 3. The van der Waals surface area contributed by atoms with Crippen molar-refractivity contribution in [2.75, 3.05) is 37.7 Å². The number of aliphatic carboxylic acids is 1. The summed E-state index contributed by atoms with van der Waals surface area (Å²) in [6.45, 7) is 3.62. The van der Waals surface area contributed by atoms with E-state index in [-0.39, 0.29) is 0 Å². The molecule has 6 heteroatoms. The minimum atomic E-state index is -0.818. The summed E-state index contributed by atoms with van der Waals surface area (Å²) in [5.41, 5.74) is 3.02. The minimum absolute atomic E-state index is 0.633. The highest BCUT2D eigenvalue weighted by atomic mass is 16.5. The van der Waals surface area contributed by atoms with Crippen LogP contribution in [-0.2, 0) is 11.2 Å². The van der Waals surface area contributed by atoms with Crippen molar-refractivity contribution in [3.8, 4) is 5.75 Å². The van der Waals surface area contributed by atoms with E-state index < -0.39 is 12.0 Å². The number of pyridine rings is 1. The number of anilines is 1. The molecule has 0 bridgehead atoms. The van der Waals surface area contributed by atoms with E-state index in [1.807, 2.05) is 35.2 Å². The Hall–Kier alpha value is -2.60. The highest BCUT2D eigenvalue weighted by molar-refractivity contribution is 5.77. The third-order valence-corrected chi connectivity index (χ3v) is 4.98. The molecule has 0 spiro atoms. The number of hydrogen-bond acceptors (Lipinski definition) is 5. The first-order valence-corrected chi connectivity index (χ1v) is 8.60. The van der Waals surface area contributed by atoms with Crippen LogP contribution in [-0.4, -0.2) is 53.7 Å². The molecule has 2 aromatic rings. The molecule has 0 aliphatic carbocycles. The summed E-state index contributed by atoms with van der Waals surface area (Å²) in [6, 6.07) is 9.16. The van der Waals surface area contributed by atoms with Crippen LogP contribution in [0.25, 0.3) is 0 Å². The summed E-state index contributed by atoms with van der Waals surface area (Å²) in [7, 11) is 0. The Morgan fingerprint density at radius 1 is 1.12 bits per heavy atom.